The van der Waals surface area contributed by atoms with Gasteiger partial charge in [-0.05, 0) is 36.7 Å². The molecular formula is C19H23N5O4S. The van der Waals surface area contributed by atoms with Gasteiger partial charge in [0.1, 0.15) is 11.0 Å². The van der Waals surface area contributed by atoms with Crippen molar-refractivity contribution in [1.82, 2.24) is 24.3 Å². The summed E-state index contributed by atoms with van der Waals surface area (Å²) in [6.45, 7) is 2.02. The molecule has 0 aromatic carbocycles. The zero-order valence-corrected chi connectivity index (χ0v) is 16.8. The fourth-order valence-electron chi connectivity index (χ4n) is 4.88. The maximum Gasteiger partial charge on any atom is 0.410 e. The van der Waals surface area contributed by atoms with E-state index in [0.717, 1.165) is 24.4 Å². The number of amides is 3. The summed E-state index contributed by atoms with van der Waals surface area (Å²) >= 11 is 1.08. The summed E-state index contributed by atoms with van der Waals surface area (Å²) in [6, 6.07) is -0.217. The third-order valence-electron chi connectivity index (χ3n) is 6.38. The Morgan fingerprint density at radius 3 is 2.86 bits per heavy atom. The molecule has 4 aliphatic rings. The second-order valence-electron chi connectivity index (χ2n) is 8.14. The highest BCUT2D eigenvalue weighted by molar-refractivity contribution is 7.07. The third kappa shape index (κ3) is 3.39. The number of carbonyl (C=O) groups is 3. The van der Waals surface area contributed by atoms with Crippen molar-refractivity contribution in [3.05, 3.63) is 23.2 Å². The SMILES string of the molecule is O=C(CC1C=CCC1)N1C[C@@H]2OC(=O)N(C3CCN(C(=O)c4cnns4)C3)[C@@H]2C1. The van der Waals surface area contributed by atoms with Crippen molar-refractivity contribution in [2.45, 2.75) is 43.9 Å². The van der Waals surface area contributed by atoms with Crippen LogP contribution in [0.5, 0.6) is 0 Å². The van der Waals surface area contributed by atoms with Crippen LogP contribution in [-0.2, 0) is 9.53 Å². The summed E-state index contributed by atoms with van der Waals surface area (Å²) in [5.41, 5.74) is 0. The molecule has 0 radical (unpaired) electrons. The molecule has 4 atom stereocenters. The average molecular weight is 417 g/mol. The van der Waals surface area contributed by atoms with E-state index in [-0.39, 0.29) is 36.1 Å². The zero-order chi connectivity index (χ0) is 20.0. The maximum atomic E-state index is 12.7. The first-order valence-corrected chi connectivity index (χ1v) is 10.9. The van der Waals surface area contributed by atoms with Crippen molar-refractivity contribution in [3.8, 4) is 0 Å². The van der Waals surface area contributed by atoms with Crippen LogP contribution in [-0.4, -0.2) is 86.6 Å². The van der Waals surface area contributed by atoms with Gasteiger partial charge < -0.3 is 14.5 Å². The molecule has 3 saturated heterocycles. The molecule has 10 heteroatoms. The predicted molar refractivity (Wildman–Crippen MR) is 103 cm³/mol. The van der Waals surface area contributed by atoms with Crippen LogP contribution in [0.4, 0.5) is 4.79 Å². The standard InChI is InChI=1S/C19H23N5O4S/c25-17(7-12-3-1-2-4-12)23-10-14-15(11-23)28-19(27)24(14)13-5-6-22(9-13)18(26)16-8-20-21-29-16/h1,3,8,12-15H,2,4-7,9-11H2/t12?,13?,14-,15+/m1/s1. The van der Waals surface area contributed by atoms with Gasteiger partial charge in [0.25, 0.3) is 5.91 Å². The summed E-state index contributed by atoms with van der Waals surface area (Å²) in [5.74, 6) is 0.365. The van der Waals surface area contributed by atoms with Crippen molar-refractivity contribution in [2.24, 2.45) is 5.92 Å². The molecule has 1 aromatic rings. The van der Waals surface area contributed by atoms with Crippen LogP contribution in [0.25, 0.3) is 0 Å². The minimum Gasteiger partial charge on any atom is -0.442 e. The predicted octanol–water partition coefficient (Wildman–Crippen LogP) is 1.14. The summed E-state index contributed by atoms with van der Waals surface area (Å²) in [5, 5.41) is 3.72. The van der Waals surface area contributed by atoms with Crippen LogP contribution >= 0.6 is 11.5 Å². The van der Waals surface area contributed by atoms with E-state index in [1.54, 1.807) is 9.80 Å². The quantitative estimate of drug-likeness (QED) is 0.682. The molecule has 1 aliphatic carbocycles. The van der Waals surface area contributed by atoms with Gasteiger partial charge in [-0.1, -0.05) is 16.6 Å². The molecule has 3 amide bonds. The smallest absolute Gasteiger partial charge is 0.410 e. The first-order chi connectivity index (χ1) is 14.1. The van der Waals surface area contributed by atoms with Crippen molar-refractivity contribution >= 4 is 29.4 Å². The molecule has 3 fully saturated rings. The first-order valence-electron chi connectivity index (χ1n) is 10.1. The fraction of sp³-hybridized carbons (Fsp3) is 0.632. The van der Waals surface area contributed by atoms with Crippen LogP contribution in [0.1, 0.15) is 35.4 Å². The Morgan fingerprint density at radius 1 is 1.21 bits per heavy atom. The molecule has 0 N–H and O–H groups in total. The lowest BCUT2D eigenvalue weighted by Gasteiger charge is -2.28. The number of hydrogen-bond donors (Lipinski definition) is 0. The zero-order valence-electron chi connectivity index (χ0n) is 16.0. The van der Waals surface area contributed by atoms with Gasteiger partial charge in [0.05, 0.1) is 24.8 Å². The number of carbonyl (C=O) groups excluding carboxylic acids is 3. The van der Waals surface area contributed by atoms with Gasteiger partial charge in [-0.15, -0.1) is 5.10 Å². The fourth-order valence-corrected chi connectivity index (χ4v) is 5.36. The van der Waals surface area contributed by atoms with Crippen LogP contribution in [0, 0.1) is 5.92 Å². The van der Waals surface area contributed by atoms with Gasteiger partial charge in [0.2, 0.25) is 5.91 Å². The van der Waals surface area contributed by atoms with Gasteiger partial charge in [-0.25, -0.2) is 4.79 Å². The normalized spacial score (nSPS) is 30.9. The van der Waals surface area contributed by atoms with E-state index in [4.69, 9.17) is 4.74 Å². The molecule has 3 aliphatic heterocycles. The van der Waals surface area contributed by atoms with Crippen molar-refractivity contribution in [1.29, 1.82) is 0 Å². The number of aromatic nitrogens is 2. The van der Waals surface area contributed by atoms with Gasteiger partial charge in [0.15, 0.2) is 0 Å². The Bertz CT molecular complexity index is 844. The first kappa shape index (κ1) is 18.5. The lowest BCUT2D eigenvalue weighted by Crippen LogP contribution is -2.47. The number of rotatable bonds is 4. The largest absolute Gasteiger partial charge is 0.442 e. The highest BCUT2D eigenvalue weighted by Crippen LogP contribution is 2.33. The Balaban J connectivity index is 1.22. The molecule has 1 aromatic heterocycles. The number of fused-ring (bicyclic) bond motifs is 1. The number of likely N-dealkylation sites (tertiary alicyclic amines) is 2. The molecule has 4 heterocycles. The van der Waals surface area contributed by atoms with E-state index >= 15 is 0 Å². The van der Waals surface area contributed by atoms with Gasteiger partial charge in [0, 0.05) is 26.1 Å². The second-order valence-corrected chi connectivity index (χ2v) is 8.93. The van der Waals surface area contributed by atoms with Gasteiger partial charge >= 0.3 is 6.09 Å². The molecule has 29 heavy (non-hydrogen) atoms. The molecule has 2 unspecified atom stereocenters. The molecule has 0 spiro atoms. The molecule has 154 valence electrons. The number of allylic oxidation sites excluding steroid dienone is 2. The van der Waals surface area contributed by atoms with E-state index in [9.17, 15) is 14.4 Å². The lowest BCUT2D eigenvalue weighted by atomic mass is 10.0. The van der Waals surface area contributed by atoms with E-state index in [1.807, 2.05) is 4.90 Å². The van der Waals surface area contributed by atoms with Crippen molar-refractivity contribution in [3.63, 3.8) is 0 Å². The number of nitrogens with zero attached hydrogens (tertiary/aromatic N) is 5. The van der Waals surface area contributed by atoms with Crippen LogP contribution < -0.4 is 0 Å². The monoisotopic (exact) mass is 417 g/mol. The van der Waals surface area contributed by atoms with Crippen molar-refractivity contribution in [2.75, 3.05) is 26.2 Å². The summed E-state index contributed by atoms with van der Waals surface area (Å²) in [6.07, 6.45) is 8.44. The van der Waals surface area contributed by atoms with Crippen LogP contribution in [0.3, 0.4) is 0 Å². The van der Waals surface area contributed by atoms with E-state index in [2.05, 4.69) is 21.7 Å². The Labute approximate surface area is 172 Å². The molecule has 0 saturated carbocycles. The summed E-state index contributed by atoms with van der Waals surface area (Å²) < 4.78 is 9.33. The Hall–Kier alpha value is -2.49. The Morgan fingerprint density at radius 2 is 2.10 bits per heavy atom. The van der Waals surface area contributed by atoms with E-state index in [0.29, 0.717) is 49.8 Å². The second kappa shape index (κ2) is 7.40. The topological polar surface area (TPSA) is 95.9 Å². The molecule has 0 bridgehead atoms. The van der Waals surface area contributed by atoms with Crippen LogP contribution in [0.2, 0.25) is 0 Å². The van der Waals surface area contributed by atoms with Gasteiger partial charge in [-0.3, -0.25) is 14.5 Å². The average Bonchev–Trinajstić information content (AvgIpc) is 3.48. The van der Waals surface area contributed by atoms with Crippen molar-refractivity contribution < 1.29 is 19.1 Å². The third-order valence-corrected chi connectivity index (χ3v) is 7.03. The minimum absolute atomic E-state index is 0.0878. The lowest BCUT2D eigenvalue weighted by molar-refractivity contribution is -0.131. The molecular weight excluding hydrogens is 394 g/mol. The van der Waals surface area contributed by atoms with E-state index in [1.165, 1.54) is 6.20 Å². The van der Waals surface area contributed by atoms with E-state index < -0.39 is 0 Å². The minimum atomic E-state index is -0.329. The molecule has 9 nitrogen and oxygen atoms in total. The number of hydrogen-bond acceptors (Lipinski definition) is 7. The Kier molecular flexibility index (Phi) is 4.73. The summed E-state index contributed by atoms with van der Waals surface area (Å²) in [7, 11) is 0. The van der Waals surface area contributed by atoms with Crippen LogP contribution in [0.15, 0.2) is 18.3 Å². The molecule has 5 rings (SSSR count). The maximum absolute atomic E-state index is 12.7. The highest BCUT2D eigenvalue weighted by atomic mass is 32.1. The van der Waals surface area contributed by atoms with Gasteiger partial charge in [-0.2, -0.15) is 0 Å². The summed E-state index contributed by atoms with van der Waals surface area (Å²) in [4.78, 5) is 43.6. The number of ether oxygens (including phenoxy) is 1. The highest BCUT2D eigenvalue weighted by Gasteiger charge is 2.52.